The summed E-state index contributed by atoms with van der Waals surface area (Å²) in [6.45, 7) is 3.52. The number of amides is 1. The van der Waals surface area contributed by atoms with E-state index in [9.17, 15) is 4.79 Å². The van der Waals surface area contributed by atoms with Gasteiger partial charge in [-0.15, -0.1) is 0 Å². The van der Waals surface area contributed by atoms with Gasteiger partial charge in [-0.2, -0.15) is 0 Å². The van der Waals surface area contributed by atoms with Crippen molar-refractivity contribution in [3.8, 4) is 5.75 Å². The zero-order valence-electron chi connectivity index (χ0n) is 11.7. The first-order valence-electron chi connectivity index (χ1n) is 6.45. The summed E-state index contributed by atoms with van der Waals surface area (Å²) in [5.74, 6) is 0.299. The molecule has 1 amide bonds. The molecule has 0 saturated heterocycles. The van der Waals surface area contributed by atoms with Crippen molar-refractivity contribution < 1.29 is 9.53 Å². The summed E-state index contributed by atoms with van der Waals surface area (Å²) in [6, 6.07) is 12.3. The minimum absolute atomic E-state index is 0.250. The Morgan fingerprint density at radius 2 is 1.90 bits per heavy atom. The van der Waals surface area contributed by atoms with Gasteiger partial charge in [0.2, 0.25) is 0 Å². The number of ether oxygens (including phenoxy) is 1. The van der Waals surface area contributed by atoms with Crippen molar-refractivity contribution >= 4 is 34.8 Å². The Bertz CT molecular complexity index is 658. The third-order valence-corrected chi connectivity index (χ3v) is 3.65. The topological polar surface area (TPSA) is 38.3 Å². The number of halogens is 2. The number of benzene rings is 2. The first-order chi connectivity index (χ1) is 9.97. The van der Waals surface area contributed by atoms with Crippen LogP contribution in [0, 0.1) is 6.92 Å². The van der Waals surface area contributed by atoms with Crippen molar-refractivity contribution in [1.29, 1.82) is 0 Å². The molecule has 2 rings (SSSR count). The fourth-order valence-corrected chi connectivity index (χ4v) is 2.13. The Labute approximate surface area is 133 Å². The van der Waals surface area contributed by atoms with E-state index in [1.807, 2.05) is 6.92 Å². The second-order valence-corrected chi connectivity index (χ2v) is 5.46. The molecule has 0 spiro atoms. The van der Waals surface area contributed by atoms with E-state index in [1.165, 1.54) is 0 Å². The molecule has 0 bridgehead atoms. The maximum atomic E-state index is 12.2. The molecule has 0 aliphatic carbocycles. The molecule has 0 radical (unpaired) electrons. The predicted octanol–water partition coefficient (Wildman–Crippen LogP) is 4.71. The van der Waals surface area contributed by atoms with Gasteiger partial charge in [0, 0.05) is 15.7 Å². The van der Waals surface area contributed by atoms with Crippen LogP contribution in [0.1, 0.15) is 12.5 Å². The molecule has 1 atom stereocenters. The zero-order valence-corrected chi connectivity index (χ0v) is 13.2. The van der Waals surface area contributed by atoms with Crippen LogP contribution in [0.15, 0.2) is 42.5 Å². The van der Waals surface area contributed by atoms with Crippen LogP contribution >= 0.6 is 23.2 Å². The number of anilines is 1. The van der Waals surface area contributed by atoms with Crippen LogP contribution < -0.4 is 10.1 Å². The minimum Gasteiger partial charge on any atom is -0.481 e. The van der Waals surface area contributed by atoms with Crippen molar-refractivity contribution in [1.82, 2.24) is 0 Å². The predicted molar refractivity (Wildman–Crippen MR) is 86.4 cm³/mol. The largest absolute Gasteiger partial charge is 0.481 e. The number of hydrogen-bond donors (Lipinski definition) is 1. The van der Waals surface area contributed by atoms with Gasteiger partial charge >= 0.3 is 0 Å². The van der Waals surface area contributed by atoms with Gasteiger partial charge < -0.3 is 10.1 Å². The fourth-order valence-electron chi connectivity index (χ4n) is 1.78. The molecule has 0 aromatic heterocycles. The summed E-state index contributed by atoms with van der Waals surface area (Å²) in [4.78, 5) is 12.2. The van der Waals surface area contributed by atoms with Crippen LogP contribution in [0.4, 0.5) is 5.69 Å². The van der Waals surface area contributed by atoms with Crippen LogP contribution in [-0.2, 0) is 4.79 Å². The highest BCUT2D eigenvalue weighted by Crippen LogP contribution is 2.23. The van der Waals surface area contributed by atoms with E-state index in [4.69, 9.17) is 27.9 Å². The number of carbonyl (C=O) groups is 1. The smallest absolute Gasteiger partial charge is 0.265 e. The van der Waals surface area contributed by atoms with Gasteiger partial charge in [0.15, 0.2) is 6.10 Å². The maximum absolute atomic E-state index is 12.2. The van der Waals surface area contributed by atoms with Crippen molar-refractivity contribution in [2.24, 2.45) is 0 Å². The van der Waals surface area contributed by atoms with Crippen LogP contribution in [0.5, 0.6) is 5.75 Å². The quantitative estimate of drug-likeness (QED) is 0.885. The third-order valence-electron chi connectivity index (χ3n) is 3.00. The molecule has 0 saturated carbocycles. The molecule has 0 aliphatic rings. The molecule has 1 unspecified atom stereocenters. The Morgan fingerprint density at radius 3 is 2.62 bits per heavy atom. The van der Waals surface area contributed by atoms with E-state index in [1.54, 1.807) is 49.4 Å². The molecule has 5 heteroatoms. The summed E-state index contributed by atoms with van der Waals surface area (Å²) in [7, 11) is 0. The highest BCUT2D eigenvalue weighted by molar-refractivity contribution is 6.31. The Kier molecular flexibility index (Phi) is 5.10. The van der Waals surface area contributed by atoms with E-state index in [0.717, 1.165) is 5.56 Å². The first-order valence-corrected chi connectivity index (χ1v) is 7.21. The van der Waals surface area contributed by atoms with E-state index < -0.39 is 6.10 Å². The molecule has 1 N–H and O–H groups in total. The van der Waals surface area contributed by atoms with Gasteiger partial charge in [-0.3, -0.25) is 4.79 Å². The highest BCUT2D eigenvalue weighted by atomic mass is 35.5. The van der Waals surface area contributed by atoms with Crippen molar-refractivity contribution in [3.05, 3.63) is 58.1 Å². The molecule has 0 heterocycles. The van der Waals surface area contributed by atoms with Crippen LogP contribution in [0.2, 0.25) is 10.0 Å². The normalized spacial score (nSPS) is 11.8. The lowest BCUT2D eigenvalue weighted by Crippen LogP contribution is -2.30. The van der Waals surface area contributed by atoms with Gasteiger partial charge in [0.25, 0.3) is 5.91 Å². The third kappa shape index (κ3) is 4.13. The molecular formula is C16H15Cl2NO2. The monoisotopic (exact) mass is 323 g/mol. The second kappa shape index (κ2) is 6.83. The summed E-state index contributed by atoms with van der Waals surface area (Å²) < 4.78 is 5.57. The van der Waals surface area contributed by atoms with Gasteiger partial charge in [-0.1, -0.05) is 35.3 Å². The second-order valence-electron chi connectivity index (χ2n) is 4.62. The Hall–Kier alpha value is -1.71. The van der Waals surface area contributed by atoms with Crippen molar-refractivity contribution in [2.75, 3.05) is 5.32 Å². The number of hydrogen-bond acceptors (Lipinski definition) is 2. The van der Waals surface area contributed by atoms with E-state index in [0.29, 0.717) is 21.5 Å². The minimum atomic E-state index is -0.651. The summed E-state index contributed by atoms with van der Waals surface area (Å²) >= 11 is 11.9. The molecule has 0 fully saturated rings. The molecule has 2 aromatic rings. The molecule has 0 aliphatic heterocycles. The fraction of sp³-hybridized carbons (Fsp3) is 0.188. The average molecular weight is 324 g/mol. The number of carbonyl (C=O) groups excluding carboxylic acids is 1. The highest BCUT2D eigenvalue weighted by Gasteiger charge is 2.16. The molecule has 3 nitrogen and oxygen atoms in total. The Morgan fingerprint density at radius 1 is 1.19 bits per heavy atom. The first kappa shape index (κ1) is 15.7. The zero-order chi connectivity index (χ0) is 15.4. The molecule has 2 aromatic carbocycles. The number of nitrogens with one attached hydrogen (secondary N) is 1. The standard InChI is InChI=1S/C16H15Cl2NO2/c1-10-14(18)7-4-8-15(10)19-16(20)11(2)21-13-6-3-5-12(17)9-13/h3-9,11H,1-2H3,(H,19,20). The molecule has 110 valence electrons. The summed E-state index contributed by atoms with van der Waals surface area (Å²) in [5.41, 5.74) is 1.50. The van der Waals surface area contributed by atoms with E-state index in [2.05, 4.69) is 5.32 Å². The number of rotatable bonds is 4. The average Bonchev–Trinajstić information content (AvgIpc) is 2.44. The van der Waals surface area contributed by atoms with Crippen molar-refractivity contribution in [2.45, 2.75) is 20.0 Å². The van der Waals surface area contributed by atoms with E-state index in [-0.39, 0.29) is 5.91 Å². The van der Waals surface area contributed by atoms with Gasteiger partial charge in [-0.05, 0) is 49.7 Å². The van der Waals surface area contributed by atoms with E-state index >= 15 is 0 Å². The lowest BCUT2D eigenvalue weighted by Gasteiger charge is -2.16. The molecule has 21 heavy (non-hydrogen) atoms. The van der Waals surface area contributed by atoms with Crippen molar-refractivity contribution in [3.63, 3.8) is 0 Å². The van der Waals surface area contributed by atoms with Gasteiger partial charge in [-0.25, -0.2) is 0 Å². The summed E-state index contributed by atoms with van der Waals surface area (Å²) in [5, 5.41) is 3.97. The van der Waals surface area contributed by atoms with Gasteiger partial charge in [0.05, 0.1) is 0 Å². The van der Waals surface area contributed by atoms with Crippen LogP contribution in [-0.4, -0.2) is 12.0 Å². The maximum Gasteiger partial charge on any atom is 0.265 e. The van der Waals surface area contributed by atoms with Crippen LogP contribution in [0.3, 0.4) is 0 Å². The summed E-state index contributed by atoms with van der Waals surface area (Å²) in [6.07, 6.45) is -0.651. The van der Waals surface area contributed by atoms with Crippen LogP contribution in [0.25, 0.3) is 0 Å². The lowest BCUT2D eigenvalue weighted by molar-refractivity contribution is -0.122. The Balaban J connectivity index is 2.04. The lowest BCUT2D eigenvalue weighted by atomic mass is 10.2. The van der Waals surface area contributed by atoms with Gasteiger partial charge in [0.1, 0.15) is 5.75 Å². The SMILES string of the molecule is Cc1c(Cl)cccc1NC(=O)C(C)Oc1cccc(Cl)c1. The molecular weight excluding hydrogens is 309 g/mol.